The first-order valence-corrected chi connectivity index (χ1v) is 8.36. The van der Waals surface area contributed by atoms with Gasteiger partial charge in [-0.15, -0.1) is 16.9 Å². The molecule has 2 aliphatic rings. The van der Waals surface area contributed by atoms with E-state index in [1.165, 1.54) is 40.2 Å². The SMILES string of the molecule is COC1C(=O)N2C(C(=O)O)=C(CSc3nnnn3C)CS[C@@H]12. The van der Waals surface area contributed by atoms with Gasteiger partial charge in [-0.2, -0.15) is 0 Å². The van der Waals surface area contributed by atoms with Crippen LogP contribution in [0.5, 0.6) is 0 Å². The number of rotatable bonds is 5. The van der Waals surface area contributed by atoms with Crippen LogP contribution in [0.15, 0.2) is 16.4 Å². The second-order valence-electron chi connectivity index (χ2n) is 4.70. The molecule has 3 rings (SSSR count). The molecule has 3 heterocycles. The van der Waals surface area contributed by atoms with Crippen LogP contribution in [0, 0.1) is 0 Å². The third-order valence-corrected chi connectivity index (χ3v) is 5.82. The van der Waals surface area contributed by atoms with Gasteiger partial charge in [-0.05, 0) is 16.0 Å². The fourth-order valence-corrected chi connectivity index (χ4v) is 4.70. The minimum Gasteiger partial charge on any atom is -0.477 e. The van der Waals surface area contributed by atoms with Crippen LogP contribution in [0.2, 0.25) is 0 Å². The third kappa shape index (κ3) is 2.38. The number of nitrogens with zero attached hydrogens (tertiary/aromatic N) is 5. The van der Waals surface area contributed by atoms with Crippen LogP contribution in [-0.2, 0) is 21.4 Å². The fourth-order valence-electron chi connectivity index (χ4n) is 2.34. The van der Waals surface area contributed by atoms with Crippen molar-refractivity contribution in [2.45, 2.75) is 16.6 Å². The number of aromatic nitrogens is 4. The normalized spacial score (nSPS) is 24.3. The van der Waals surface area contributed by atoms with Crippen molar-refractivity contribution in [2.24, 2.45) is 7.05 Å². The number of fused-ring (bicyclic) bond motifs is 1. The Morgan fingerprint density at radius 2 is 2.36 bits per heavy atom. The number of thioether (sulfide) groups is 2. The second kappa shape index (κ2) is 5.89. The number of aliphatic carboxylic acids is 1. The Bertz CT molecular complexity index is 661. The topological polar surface area (TPSA) is 110 Å². The van der Waals surface area contributed by atoms with Gasteiger partial charge in [0.2, 0.25) is 5.16 Å². The maximum atomic E-state index is 12.0. The lowest BCUT2D eigenvalue weighted by molar-refractivity contribution is -0.162. The van der Waals surface area contributed by atoms with E-state index in [-0.39, 0.29) is 17.0 Å². The lowest BCUT2D eigenvalue weighted by Gasteiger charge is -2.48. The van der Waals surface area contributed by atoms with Gasteiger partial charge < -0.3 is 9.84 Å². The average Bonchev–Trinajstić information content (AvgIpc) is 2.90. The fraction of sp³-hybridized carbons (Fsp3) is 0.545. The number of aryl methyl sites for hydroxylation is 1. The van der Waals surface area contributed by atoms with Crippen LogP contribution in [-0.4, -0.2) is 72.2 Å². The van der Waals surface area contributed by atoms with Gasteiger partial charge in [-0.1, -0.05) is 11.8 Å². The molecule has 1 amide bonds. The molecule has 0 aliphatic carbocycles. The van der Waals surface area contributed by atoms with E-state index in [2.05, 4.69) is 15.5 Å². The molecule has 1 aromatic rings. The van der Waals surface area contributed by atoms with Gasteiger partial charge in [0.05, 0.1) is 0 Å². The largest absolute Gasteiger partial charge is 0.477 e. The average molecular weight is 343 g/mol. The summed E-state index contributed by atoms with van der Waals surface area (Å²) in [6.45, 7) is 0. The summed E-state index contributed by atoms with van der Waals surface area (Å²) in [4.78, 5) is 24.9. The van der Waals surface area contributed by atoms with E-state index in [0.29, 0.717) is 22.2 Å². The summed E-state index contributed by atoms with van der Waals surface area (Å²) in [5.74, 6) is -0.453. The van der Waals surface area contributed by atoms with Crippen LogP contribution in [0.1, 0.15) is 0 Å². The van der Waals surface area contributed by atoms with Crippen molar-refractivity contribution in [1.29, 1.82) is 0 Å². The number of tetrazole rings is 1. The van der Waals surface area contributed by atoms with Crippen molar-refractivity contribution in [3.05, 3.63) is 11.3 Å². The number of hydrogen-bond donors (Lipinski definition) is 1. The molecule has 1 unspecified atom stereocenters. The highest BCUT2D eigenvalue weighted by atomic mass is 32.2. The van der Waals surface area contributed by atoms with Gasteiger partial charge in [0.15, 0.2) is 6.10 Å². The van der Waals surface area contributed by atoms with E-state index in [1.807, 2.05) is 0 Å². The number of ether oxygens (including phenoxy) is 1. The summed E-state index contributed by atoms with van der Waals surface area (Å²) < 4.78 is 6.62. The van der Waals surface area contributed by atoms with E-state index >= 15 is 0 Å². The van der Waals surface area contributed by atoms with E-state index < -0.39 is 12.1 Å². The Kier molecular flexibility index (Phi) is 4.10. The van der Waals surface area contributed by atoms with E-state index in [1.54, 1.807) is 7.05 Å². The molecule has 2 aliphatic heterocycles. The summed E-state index contributed by atoms with van der Waals surface area (Å²) >= 11 is 2.85. The van der Waals surface area contributed by atoms with Crippen molar-refractivity contribution >= 4 is 35.4 Å². The molecule has 22 heavy (non-hydrogen) atoms. The Morgan fingerprint density at radius 1 is 1.59 bits per heavy atom. The van der Waals surface area contributed by atoms with Crippen molar-refractivity contribution in [3.8, 4) is 0 Å². The zero-order valence-electron chi connectivity index (χ0n) is 11.8. The second-order valence-corrected chi connectivity index (χ2v) is 6.74. The molecular formula is C11H13N5O4S2. The van der Waals surface area contributed by atoms with E-state index in [4.69, 9.17) is 4.74 Å². The number of amides is 1. The Balaban J connectivity index is 1.82. The zero-order chi connectivity index (χ0) is 15.9. The van der Waals surface area contributed by atoms with Crippen LogP contribution in [0.3, 0.4) is 0 Å². The van der Waals surface area contributed by atoms with Crippen molar-refractivity contribution < 1.29 is 19.4 Å². The number of hydrogen-bond acceptors (Lipinski definition) is 8. The molecule has 1 saturated heterocycles. The van der Waals surface area contributed by atoms with Crippen LogP contribution < -0.4 is 0 Å². The number of carbonyl (C=O) groups excluding carboxylic acids is 1. The van der Waals surface area contributed by atoms with Crippen molar-refractivity contribution in [3.63, 3.8) is 0 Å². The molecule has 118 valence electrons. The molecule has 0 spiro atoms. The number of carbonyl (C=O) groups is 2. The predicted octanol–water partition coefficient (Wildman–Crippen LogP) is -0.429. The summed E-state index contributed by atoms with van der Waals surface area (Å²) in [7, 11) is 3.17. The van der Waals surface area contributed by atoms with Crippen LogP contribution in [0.25, 0.3) is 0 Å². The highest BCUT2D eigenvalue weighted by Crippen LogP contribution is 2.42. The zero-order valence-corrected chi connectivity index (χ0v) is 13.4. The first-order chi connectivity index (χ1) is 10.5. The van der Waals surface area contributed by atoms with Gasteiger partial charge in [-0.3, -0.25) is 9.69 Å². The molecule has 1 N–H and O–H groups in total. The quantitative estimate of drug-likeness (QED) is 0.562. The molecular weight excluding hydrogens is 330 g/mol. The minimum atomic E-state index is -1.10. The highest BCUT2D eigenvalue weighted by molar-refractivity contribution is 8.01. The smallest absolute Gasteiger partial charge is 0.352 e. The predicted molar refractivity (Wildman–Crippen MR) is 78.1 cm³/mol. The monoisotopic (exact) mass is 343 g/mol. The third-order valence-electron chi connectivity index (χ3n) is 3.41. The van der Waals surface area contributed by atoms with Crippen LogP contribution in [0.4, 0.5) is 0 Å². The molecule has 11 heteroatoms. The van der Waals surface area contributed by atoms with Gasteiger partial charge >= 0.3 is 5.97 Å². The minimum absolute atomic E-state index is 0.0599. The molecule has 0 bridgehead atoms. The standard InChI is InChI=1S/C11H13N5O4S2/c1-15-11(12-13-14-15)22-4-5-3-21-9-7(20-2)8(17)16(9)6(5)10(18)19/h7,9H,3-4H2,1-2H3,(H,18,19)/t7?,9-/m0/s1. The number of methoxy groups -OCH3 is 1. The molecule has 9 nitrogen and oxygen atoms in total. The van der Waals surface area contributed by atoms with Gasteiger partial charge in [0.1, 0.15) is 11.1 Å². The van der Waals surface area contributed by atoms with Crippen LogP contribution >= 0.6 is 23.5 Å². The summed E-state index contributed by atoms with van der Waals surface area (Å²) in [5, 5.41) is 20.9. The van der Waals surface area contributed by atoms with Gasteiger partial charge in [0.25, 0.3) is 5.91 Å². The Morgan fingerprint density at radius 3 is 2.95 bits per heavy atom. The number of β-lactam (4-membered cyclic amide) rings is 1. The van der Waals surface area contributed by atoms with E-state index in [0.717, 1.165) is 0 Å². The summed E-state index contributed by atoms with van der Waals surface area (Å²) in [6, 6.07) is 0. The first-order valence-electron chi connectivity index (χ1n) is 6.32. The molecule has 2 atom stereocenters. The summed E-state index contributed by atoms with van der Waals surface area (Å²) in [6.07, 6.45) is -0.559. The van der Waals surface area contributed by atoms with Crippen molar-refractivity contribution in [1.82, 2.24) is 25.1 Å². The highest BCUT2D eigenvalue weighted by Gasteiger charge is 2.53. The molecule has 0 saturated carbocycles. The van der Waals surface area contributed by atoms with Gasteiger partial charge in [0, 0.05) is 25.7 Å². The van der Waals surface area contributed by atoms with Gasteiger partial charge in [-0.25, -0.2) is 9.48 Å². The van der Waals surface area contributed by atoms with E-state index in [9.17, 15) is 14.7 Å². The molecule has 0 radical (unpaired) electrons. The maximum absolute atomic E-state index is 12.0. The first kappa shape index (κ1) is 15.3. The maximum Gasteiger partial charge on any atom is 0.352 e. The molecule has 1 fully saturated rings. The molecule has 0 aromatic carbocycles. The number of carboxylic acids is 1. The lowest BCUT2D eigenvalue weighted by atomic mass is 10.1. The Labute approximate surface area is 134 Å². The lowest BCUT2D eigenvalue weighted by Crippen LogP contribution is -2.65. The number of carboxylic acid groups (broad SMARTS) is 1. The molecule has 1 aromatic heterocycles. The Hall–Kier alpha value is -1.59. The summed E-state index contributed by atoms with van der Waals surface area (Å²) in [5.41, 5.74) is 0.745. The van der Waals surface area contributed by atoms with Crippen molar-refractivity contribution in [2.75, 3.05) is 18.6 Å².